The molecule has 4 N–H and O–H groups in total. The normalized spacial score (nSPS) is 10.7. The Balaban J connectivity index is 0.000000350. The van der Waals surface area contributed by atoms with Crippen molar-refractivity contribution in [3.63, 3.8) is 0 Å². The second-order valence-corrected chi connectivity index (χ2v) is 34.5. The maximum atomic E-state index is 14.1. The van der Waals surface area contributed by atoms with Gasteiger partial charge in [0.1, 0.15) is 80.8 Å². The van der Waals surface area contributed by atoms with E-state index < -0.39 is 40.1 Å². The summed E-state index contributed by atoms with van der Waals surface area (Å²) in [7, 11) is 6.31. The van der Waals surface area contributed by atoms with Crippen molar-refractivity contribution < 1.29 is 52.7 Å². The number of rotatable bonds is 23. The Kier molecular flexibility index (Phi) is 29.3. The van der Waals surface area contributed by atoms with Gasteiger partial charge in [-0.1, -0.05) is 134 Å². The molecule has 6 rings (SSSR count). The quantitative estimate of drug-likeness (QED) is 0.0177. The number of hydrogen-bond acceptors (Lipinski definition) is 15. The fourth-order valence-corrected chi connectivity index (χ4v) is 10.8. The smallest absolute Gasteiger partial charge is 0.381 e. The third-order valence-corrected chi connectivity index (χ3v) is 17.6. The summed E-state index contributed by atoms with van der Waals surface area (Å²) in [6.07, 6.45) is 3.64. The number of methoxy groups -OCH3 is 4. The summed E-state index contributed by atoms with van der Waals surface area (Å²) in [6.45, 7) is 17.3. The minimum Gasteiger partial charge on any atom is -0.495 e. The first-order chi connectivity index (χ1) is 42.1. The number of urea groups is 2. The van der Waals surface area contributed by atoms with Gasteiger partial charge in [-0.25, -0.2) is 34.3 Å². The van der Waals surface area contributed by atoms with Crippen molar-refractivity contribution in [1.29, 1.82) is 0 Å². The highest BCUT2D eigenvalue weighted by Gasteiger charge is 2.32. The summed E-state index contributed by atoms with van der Waals surface area (Å²) in [5.74, 6) is 9.56. The van der Waals surface area contributed by atoms with E-state index in [0.29, 0.717) is 72.0 Å². The topological polar surface area (TPSA) is 246 Å². The zero-order valence-corrected chi connectivity index (χ0v) is 57.5. The molecule has 2 aromatic heterocycles. The summed E-state index contributed by atoms with van der Waals surface area (Å²) in [5.41, 5.74) is 10.9. The van der Waals surface area contributed by atoms with E-state index in [2.05, 4.69) is 82.3 Å². The number of halogens is 4. The monoisotopic (exact) mass is 1330 g/mol. The lowest BCUT2D eigenvalue weighted by Gasteiger charge is -2.30. The molecule has 476 valence electrons. The van der Waals surface area contributed by atoms with Gasteiger partial charge in [0, 0.05) is 97.9 Å². The standard InChI is InChI=1S/C31H37Cl2N5O5Si.C27H35Cl2N5O4Si.C4H4O2/c1-8-11-27(39)36-23-13-10-9-12-21(23)16-22-17-26(35-19-34-22)37(2)31(40)38(20-43-14-15-44(5,6)7)30-28(32)24(41-3)18-25(42-4)29(30)33;1-33(23-14-19(31-16-32-23)13-18-9-7-8-10-20(18)30)27(35)34(17-38-11-12-39(4,5)6)26-24(28)21(36-2)15-22(37-3)25(26)29;1-2-3-4(5)6/h9-10,12-13,17-19H,14-16,20H2,1-7H3,(H,36,39);7-10,14-16H,11-13,17,30H2,1-6H3;1H3,(H,5,6). The van der Waals surface area contributed by atoms with E-state index in [1.54, 1.807) is 51.4 Å². The average molecular weight is 1340 g/mol. The van der Waals surface area contributed by atoms with Crippen LogP contribution in [0.1, 0.15) is 36.4 Å². The van der Waals surface area contributed by atoms with Gasteiger partial charge in [0.2, 0.25) is 0 Å². The number of nitrogens with one attached hydrogen (secondary N) is 1. The first kappa shape index (κ1) is 73.6. The molecular formula is C62H76Cl4N10O11Si2. The Morgan fingerprint density at radius 1 is 0.573 bits per heavy atom. The zero-order chi connectivity index (χ0) is 66.2. The molecular weight excluding hydrogens is 1260 g/mol. The molecule has 0 radical (unpaired) electrons. The van der Waals surface area contributed by atoms with Gasteiger partial charge in [-0.2, -0.15) is 0 Å². The molecule has 0 atom stereocenters. The van der Waals surface area contributed by atoms with Gasteiger partial charge >= 0.3 is 18.0 Å². The van der Waals surface area contributed by atoms with Crippen LogP contribution in [-0.2, 0) is 31.9 Å². The molecule has 27 heteroatoms. The number of ether oxygens (including phenoxy) is 6. The van der Waals surface area contributed by atoms with Crippen LogP contribution in [0, 0.1) is 23.7 Å². The van der Waals surface area contributed by atoms with Crippen molar-refractivity contribution in [3.05, 3.63) is 128 Å². The van der Waals surface area contributed by atoms with E-state index in [4.69, 9.17) is 85.7 Å². The minimum absolute atomic E-state index is 0.0953. The second-order valence-electron chi connectivity index (χ2n) is 21.7. The lowest BCUT2D eigenvalue weighted by Crippen LogP contribution is -2.43. The Labute approximate surface area is 543 Å². The zero-order valence-electron chi connectivity index (χ0n) is 52.4. The third-order valence-electron chi connectivity index (χ3n) is 12.8. The van der Waals surface area contributed by atoms with Crippen molar-refractivity contribution in [2.75, 3.05) is 99.9 Å². The van der Waals surface area contributed by atoms with E-state index in [1.165, 1.54) is 67.6 Å². The molecule has 6 aromatic rings. The molecule has 0 saturated carbocycles. The molecule has 0 fully saturated rings. The van der Waals surface area contributed by atoms with Crippen LogP contribution < -0.4 is 49.6 Å². The van der Waals surface area contributed by atoms with Gasteiger partial charge in [-0.3, -0.25) is 24.4 Å². The number of nitrogens with two attached hydrogens (primary N) is 1. The molecule has 2 heterocycles. The van der Waals surface area contributed by atoms with Gasteiger partial charge in [-0.15, -0.1) is 0 Å². The summed E-state index contributed by atoms with van der Waals surface area (Å²) in [4.78, 5) is 72.4. The maximum absolute atomic E-state index is 14.1. The molecule has 4 aromatic carbocycles. The summed E-state index contributed by atoms with van der Waals surface area (Å²) < 4.78 is 33.7. The van der Waals surface area contributed by atoms with Crippen molar-refractivity contribution >= 4 is 121 Å². The fraction of sp³-hybridized carbons (Fsp3) is 0.355. The van der Waals surface area contributed by atoms with Crippen molar-refractivity contribution in [2.45, 2.75) is 78.1 Å². The molecule has 0 aliphatic heterocycles. The number of anilines is 6. The van der Waals surface area contributed by atoms with Crippen LogP contribution in [0.15, 0.2) is 85.5 Å². The number of carbonyl (C=O) groups is 4. The highest BCUT2D eigenvalue weighted by Crippen LogP contribution is 2.48. The molecule has 0 spiro atoms. The predicted molar refractivity (Wildman–Crippen MR) is 360 cm³/mol. The van der Waals surface area contributed by atoms with Crippen LogP contribution in [0.25, 0.3) is 0 Å². The second kappa shape index (κ2) is 35.4. The lowest BCUT2D eigenvalue weighted by atomic mass is 10.1. The van der Waals surface area contributed by atoms with Crippen LogP contribution in [0.5, 0.6) is 23.0 Å². The Hall–Kier alpha value is -7.85. The number of nitrogen functional groups attached to an aromatic ring is 1. The summed E-state index contributed by atoms with van der Waals surface area (Å²) >= 11 is 26.8. The van der Waals surface area contributed by atoms with Crippen LogP contribution in [0.4, 0.5) is 44.0 Å². The van der Waals surface area contributed by atoms with E-state index in [1.807, 2.05) is 48.4 Å². The number of hydrogen-bond donors (Lipinski definition) is 3. The largest absolute Gasteiger partial charge is 0.495 e. The third kappa shape index (κ3) is 22.3. The summed E-state index contributed by atoms with van der Waals surface area (Å²) in [5, 5.41) is 11.1. The van der Waals surface area contributed by atoms with Crippen molar-refractivity contribution in [1.82, 2.24) is 19.9 Å². The fourth-order valence-electron chi connectivity index (χ4n) is 7.86. The number of nitrogens with zero attached hydrogens (tertiary/aromatic N) is 8. The number of para-hydroxylation sites is 2. The summed E-state index contributed by atoms with van der Waals surface area (Å²) in [6, 6.07) is 22.3. The highest BCUT2D eigenvalue weighted by atomic mass is 35.5. The highest BCUT2D eigenvalue weighted by molar-refractivity contribution is 6.76. The van der Waals surface area contributed by atoms with Gasteiger partial charge < -0.3 is 44.6 Å². The number of carboxylic acids is 1. The number of carbonyl (C=O) groups excluding carboxylic acids is 3. The average Bonchev–Trinajstić information content (AvgIpc) is 1.21. The number of benzene rings is 4. The first-order valence-electron chi connectivity index (χ1n) is 27.5. The molecule has 89 heavy (non-hydrogen) atoms. The Morgan fingerprint density at radius 2 is 0.955 bits per heavy atom. The number of aliphatic carboxylic acids is 1. The molecule has 0 unspecified atom stereocenters. The van der Waals surface area contributed by atoms with E-state index in [0.717, 1.165) is 23.2 Å². The molecule has 0 aliphatic rings. The van der Waals surface area contributed by atoms with Crippen LogP contribution in [0.2, 0.25) is 71.5 Å². The van der Waals surface area contributed by atoms with E-state index in [9.17, 15) is 19.2 Å². The predicted octanol–water partition coefficient (Wildman–Crippen LogP) is 13.2. The Bertz CT molecular complexity index is 3500. The molecule has 0 bridgehead atoms. The molecule has 0 saturated heterocycles. The maximum Gasteiger partial charge on any atom is 0.381 e. The van der Waals surface area contributed by atoms with Crippen LogP contribution >= 0.6 is 46.4 Å². The number of aromatic nitrogens is 4. The number of amides is 5. The van der Waals surface area contributed by atoms with Crippen LogP contribution in [0.3, 0.4) is 0 Å². The van der Waals surface area contributed by atoms with Gasteiger partial charge in [-0.05, 0) is 55.1 Å². The van der Waals surface area contributed by atoms with Crippen molar-refractivity contribution in [3.8, 4) is 46.7 Å². The SMILES string of the molecule is CC#CC(=O)Nc1ccccc1Cc1cc(N(C)C(=O)N(COCC[Si](C)(C)C)c2c(Cl)c(OC)cc(OC)c2Cl)ncn1.CC#CC(=O)O.COc1cc(OC)c(Cl)c(N(COCC[Si](C)(C)C)C(=O)N(C)c2cc(Cc3ccccc3N)ncn2)c1Cl. The first-order valence-corrected chi connectivity index (χ1v) is 36.4. The van der Waals surface area contributed by atoms with E-state index in [-0.39, 0.29) is 56.4 Å². The Morgan fingerprint density at radius 3 is 1.31 bits per heavy atom. The molecule has 21 nitrogen and oxygen atoms in total. The van der Waals surface area contributed by atoms with Crippen molar-refractivity contribution in [2.24, 2.45) is 0 Å². The minimum atomic E-state index is -1.40. The van der Waals surface area contributed by atoms with Gasteiger partial charge in [0.05, 0.1) is 51.2 Å². The van der Waals surface area contributed by atoms with E-state index >= 15 is 0 Å². The molecule has 0 aliphatic carbocycles. The molecule has 5 amide bonds. The lowest BCUT2D eigenvalue weighted by molar-refractivity contribution is -0.130. The van der Waals surface area contributed by atoms with Gasteiger partial charge in [0.25, 0.3) is 5.91 Å². The number of carboxylic acid groups (broad SMARTS) is 1. The van der Waals surface area contributed by atoms with Gasteiger partial charge in [0.15, 0.2) is 0 Å². The van der Waals surface area contributed by atoms with Crippen LogP contribution in [-0.4, -0.2) is 134 Å².